The van der Waals surface area contributed by atoms with Gasteiger partial charge in [0.05, 0.1) is 12.7 Å². The SMILES string of the molecule is N[C@@H]1[C@H]2[C@@H](C[C@H]1OCc1ccc(F)cc1)[C@]2(F)C(=O)O. The van der Waals surface area contributed by atoms with Crippen molar-refractivity contribution in [2.24, 2.45) is 17.6 Å². The van der Waals surface area contributed by atoms with Crippen LogP contribution in [0.4, 0.5) is 8.78 Å². The van der Waals surface area contributed by atoms with Gasteiger partial charge in [-0.1, -0.05) is 12.1 Å². The van der Waals surface area contributed by atoms with Crippen molar-refractivity contribution in [3.05, 3.63) is 35.6 Å². The van der Waals surface area contributed by atoms with E-state index in [0.717, 1.165) is 5.56 Å². The largest absolute Gasteiger partial charge is 0.479 e. The Morgan fingerprint density at radius 2 is 2.10 bits per heavy atom. The van der Waals surface area contributed by atoms with Crippen LogP contribution in [0.2, 0.25) is 0 Å². The van der Waals surface area contributed by atoms with Crippen LogP contribution in [0.1, 0.15) is 12.0 Å². The Labute approximate surface area is 114 Å². The van der Waals surface area contributed by atoms with E-state index in [-0.39, 0.29) is 18.5 Å². The monoisotopic (exact) mass is 283 g/mol. The lowest BCUT2D eigenvalue weighted by molar-refractivity contribution is -0.147. The molecule has 1 aromatic rings. The Bertz CT molecular complexity index is 536. The second-order valence-corrected chi connectivity index (χ2v) is 5.49. The molecule has 0 aliphatic heterocycles. The molecule has 108 valence electrons. The van der Waals surface area contributed by atoms with Gasteiger partial charge in [-0.2, -0.15) is 0 Å². The number of ether oxygens (including phenoxy) is 1. The van der Waals surface area contributed by atoms with Crippen LogP contribution < -0.4 is 5.73 Å². The lowest BCUT2D eigenvalue weighted by Crippen LogP contribution is -2.41. The number of carbonyl (C=O) groups is 1. The van der Waals surface area contributed by atoms with Gasteiger partial charge >= 0.3 is 5.97 Å². The summed E-state index contributed by atoms with van der Waals surface area (Å²) < 4.78 is 32.3. The lowest BCUT2D eigenvalue weighted by Gasteiger charge is -2.22. The van der Waals surface area contributed by atoms with Crippen molar-refractivity contribution in [2.75, 3.05) is 0 Å². The molecule has 4 nitrogen and oxygen atoms in total. The van der Waals surface area contributed by atoms with E-state index < -0.39 is 29.5 Å². The molecule has 0 saturated heterocycles. The summed E-state index contributed by atoms with van der Waals surface area (Å²) in [6.07, 6.45) is -0.0335. The van der Waals surface area contributed by atoms with Gasteiger partial charge in [-0.05, 0) is 24.1 Å². The van der Waals surface area contributed by atoms with Gasteiger partial charge in [-0.3, -0.25) is 0 Å². The Morgan fingerprint density at radius 3 is 2.60 bits per heavy atom. The third kappa shape index (κ3) is 1.91. The fraction of sp³-hybridized carbons (Fsp3) is 0.500. The molecule has 3 N–H and O–H groups in total. The van der Waals surface area contributed by atoms with Crippen LogP contribution in [0.15, 0.2) is 24.3 Å². The van der Waals surface area contributed by atoms with E-state index in [2.05, 4.69) is 0 Å². The molecule has 2 saturated carbocycles. The summed E-state index contributed by atoms with van der Waals surface area (Å²) in [5.41, 5.74) is 4.50. The molecule has 0 unspecified atom stereocenters. The Kier molecular flexibility index (Phi) is 3.02. The van der Waals surface area contributed by atoms with Gasteiger partial charge in [0.2, 0.25) is 5.67 Å². The average molecular weight is 283 g/mol. The maximum atomic E-state index is 14.0. The lowest BCUT2D eigenvalue weighted by atomic mass is 10.0. The fourth-order valence-electron chi connectivity index (χ4n) is 3.22. The first kappa shape index (κ1) is 13.5. The van der Waals surface area contributed by atoms with Crippen LogP contribution in [0.3, 0.4) is 0 Å². The Morgan fingerprint density at radius 1 is 1.45 bits per heavy atom. The zero-order valence-electron chi connectivity index (χ0n) is 10.6. The minimum atomic E-state index is -2.17. The number of rotatable bonds is 4. The van der Waals surface area contributed by atoms with E-state index in [1.54, 1.807) is 12.1 Å². The summed E-state index contributed by atoms with van der Waals surface area (Å²) in [4.78, 5) is 10.9. The molecule has 5 atom stereocenters. The number of aliphatic carboxylic acids is 1. The van der Waals surface area contributed by atoms with Gasteiger partial charge in [0, 0.05) is 17.9 Å². The molecule has 2 aliphatic carbocycles. The summed E-state index contributed by atoms with van der Waals surface area (Å²) in [5, 5.41) is 8.85. The highest BCUT2D eigenvalue weighted by Crippen LogP contribution is 2.63. The maximum absolute atomic E-state index is 14.0. The van der Waals surface area contributed by atoms with E-state index >= 15 is 0 Å². The number of alkyl halides is 1. The summed E-state index contributed by atoms with van der Waals surface area (Å²) in [7, 11) is 0. The number of carboxylic acids is 1. The first-order chi connectivity index (χ1) is 9.44. The van der Waals surface area contributed by atoms with Crippen molar-refractivity contribution in [3.8, 4) is 0 Å². The molecule has 0 amide bonds. The van der Waals surface area contributed by atoms with Crippen LogP contribution in [0.5, 0.6) is 0 Å². The predicted molar refractivity (Wildman–Crippen MR) is 66.0 cm³/mol. The van der Waals surface area contributed by atoms with Crippen LogP contribution >= 0.6 is 0 Å². The summed E-state index contributed by atoms with van der Waals surface area (Å²) >= 11 is 0. The van der Waals surface area contributed by atoms with Crippen molar-refractivity contribution in [2.45, 2.75) is 30.8 Å². The van der Waals surface area contributed by atoms with Gasteiger partial charge in [0.1, 0.15) is 5.82 Å². The highest BCUT2D eigenvalue weighted by atomic mass is 19.1. The molecule has 0 bridgehead atoms. The first-order valence-corrected chi connectivity index (χ1v) is 6.48. The minimum absolute atomic E-state index is 0.254. The molecule has 6 heteroatoms. The zero-order valence-corrected chi connectivity index (χ0v) is 10.6. The molecule has 0 radical (unpaired) electrons. The molecule has 0 heterocycles. The third-order valence-electron chi connectivity index (χ3n) is 4.38. The second kappa shape index (κ2) is 4.49. The number of benzene rings is 1. The topological polar surface area (TPSA) is 72.5 Å². The molecule has 3 rings (SSSR count). The van der Waals surface area contributed by atoms with Gasteiger partial charge in [0.25, 0.3) is 0 Å². The van der Waals surface area contributed by atoms with Crippen molar-refractivity contribution < 1.29 is 23.4 Å². The molecule has 0 spiro atoms. The number of fused-ring (bicyclic) bond motifs is 1. The van der Waals surface area contributed by atoms with Crippen molar-refractivity contribution in [1.29, 1.82) is 0 Å². The van der Waals surface area contributed by atoms with E-state index in [1.165, 1.54) is 12.1 Å². The van der Waals surface area contributed by atoms with Crippen molar-refractivity contribution in [3.63, 3.8) is 0 Å². The van der Waals surface area contributed by atoms with Gasteiger partial charge in [0.15, 0.2) is 0 Å². The highest BCUT2D eigenvalue weighted by molar-refractivity contribution is 5.83. The Balaban J connectivity index is 1.57. The number of carboxylic acid groups (broad SMARTS) is 1. The van der Waals surface area contributed by atoms with Gasteiger partial charge < -0.3 is 15.6 Å². The standard InChI is InChI=1S/C14H15F2NO3/c15-8-3-1-7(2-4-8)6-20-10-5-9-11(12(10)17)14(9,16)13(18)19/h1-4,9-12H,5-6,17H2,(H,18,19)/t9-,10-,11-,12+,14-/m1/s1. The van der Waals surface area contributed by atoms with E-state index in [1.807, 2.05) is 0 Å². The second-order valence-electron chi connectivity index (χ2n) is 5.49. The van der Waals surface area contributed by atoms with Crippen LogP contribution in [-0.4, -0.2) is 28.9 Å². The first-order valence-electron chi connectivity index (χ1n) is 6.48. The number of hydrogen-bond acceptors (Lipinski definition) is 3. The third-order valence-corrected chi connectivity index (χ3v) is 4.38. The molecule has 2 aliphatic rings. The quantitative estimate of drug-likeness (QED) is 0.878. The van der Waals surface area contributed by atoms with Gasteiger partial charge in [-0.15, -0.1) is 0 Å². The number of halogens is 2. The van der Waals surface area contributed by atoms with Crippen LogP contribution in [0, 0.1) is 17.7 Å². The molecule has 20 heavy (non-hydrogen) atoms. The molecule has 2 fully saturated rings. The molecule has 0 aromatic heterocycles. The Hall–Kier alpha value is -1.53. The highest BCUT2D eigenvalue weighted by Gasteiger charge is 2.78. The predicted octanol–water partition coefficient (Wildman–Crippen LogP) is 1.48. The van der Waals surface area contributed by atoms with Crippen molar-refractivity contribution in [1.82, 2.24) is 0 Å². The smallest absolute Gasteiger partial charge is 0.342 e. The number of hydrogen-bond donors (Lipinski definition) is 2. The average Bonchev–Trinajstić information content (AvgIpc) is 2.86. The normalized spacial score (nSPS) is 38.5. The summed E-state index contributed by atoms with van der Waals surface area (Å²) in [5.74, 6) is -2.96. The molecule has 1 aromatic carbocycles. The van der Waals surface area contributed by atoms with Gasteiger partial charge in [-0.25, -0.2) is 13.6 Å². The molecular weight excluding hydrogens is 268 g/mol. The number of nitrogens with two attached hydrogens (primary N) is 1. The zero-order chi connectivity index (χ0) is 14.5. The van der Waals surface area contributed by atoms with E-state index in [9.17, 15) is 13.6 Å². The molecular formula is C14H15F2NO3. The maximum Gasteiger partial charge on any atom is 0.342 e. The van der Waals surface area contributed by atoms with Crippen LogP contribution in [0.25, 0.3) is 0 Å². The van der Waals surface area contributed by atoms with Crippen LogP contribution in [-0.2, 0) is 16.1 Å². The minimum Gasteiger partial charge on any atom is -0.479 e. The summed E-state index contributed by atoms with van der Waals surface area (Å²) in [6.45, 7) is 0.254. The van der Waals surface area contributed by atoms with E-state index in [0.29, 0.717) is 6.42 Å². The van der Waals surface area contributed by atoms with Crippen molar-refractivity contribution >= 4 is 5.97 Å². The fourth-order valence-corrected chi connectivity index (χ4v) is 3.22. The summed E-state index contributed by atoms with van der Waals surface area (Å²) in [6, 6.07) is 5.27. The van der Waals surface area contributed by atoms with E-state index in [4.69, 9.17) is 15.6 Å².